The summed E-state index contributed by atoms with van der Waals surface area (Å²) in [6.45, 7) is 8.20. The molecular weight excluding hydrogens is 324 g/mol. The highest BCUT2D eigenvalue weighted by atomic mass is 16.3. The number of rotatable bonds is 3. The normalized spacial score (nSPS) is 11.6. The molecule has 1 N–H and O–H groups in total. The molecule has 0 unspecified atom stereocenters. The number of benzene rings is 2. The predicted molar refractivity (Wildman–Crippen MR) is 104 cm³/mol. The molecule has 4 aromatic rings. The summed E-state index contributed by atoms with van der Waals surface area (Å²) in [5, 5.41) is 21.0. The summed E-state index contributed by atoms with van der Waals surface area (Å²) >= 11 is 0. The number of nitrogens with zero attached hydrogens (tertiary/aromatic N) is 4. The third-order valence-corrected chi connectivity index (χ3v) is 4.82. The lowest BCUT2D eigenvalue weighted by Crippen LogP contribution is -1.98. The summed E-state index contributed by atoms with van der Waals surface area (Å²) in [7, 11) is 0. The summed E-state index contributed by atoms with van der Waals surface area (Å²) in [4.78, 5) is 0. The van der Waals surface area contributed by atoms with Crippen LogP contribution in [0, 0.1) is 13.8 Å². The average molecular weight is 346 g/mol. The molecule has 0 spiro atoms. The lowest BCUT2D eigenvalue weighted by atomic mass is 10.1. The van der Waals surface area contributed by atoms with Gasteiger partial charge in [0.15, 0.2) is 5.88 Å². The van der Waals surface area contributed by atoms with Crippen molar-refractivity contribution in [2.45, 2.75) is 33.7 Å². The zero-order valence-electron chi connectivity index (χ0n) is 15.4. The number of aromatic nitrogens is 4. The summed E-state index contributed by atoms with van der Waals surface area (Å²) < 4.78 is 3.74. The zero-order chi connectivity index (χ0) is 18.4. The van der Waals surface area contributed by atoms with Crippen LogP contribution in [0.1, 0.15) is 31.1 Å². The van der Waals surface area contributed by atoms with E-state index in [1.54, 1.807) is 0 Å². The second-order valence-electron chi connectivity index (χ2n) is 7.03. The van der Waals surface area contributed by atoms with E-state index in [0.717, 1.165) is 33.4 Å². The molecule has 5 nitrogen and oxygen atoms in total. The standard InChI is InChI=1S/C21H22N4O/c1-13(2)24-12-17-11-16(7-10-19(17)21(24)26)20-15(4)25(23-22-20)18-8-5-14(3)6-9-18/h5-13,26H,1-4H3. The minimum Gasteiger partial charge on any atom is -0.494 e. The van der Waals surface area contributed by atoms with E-state index in [2.05, 4.69) is 49.3 Å². The van der Waals surface area contributed by atoms with Crippen LogP contribution in [0.15, 0.2) is 48.7 Å². The first-order valence-corrected chi connectivity index (χ1v) is 8.79. The van der Waals surface area contributed by atoms with E-state index in [1.807, 2.05) is 46.6 Å². The van der Waals surface area contributed by atoms with Gasteiger partial charge in [0.05, 0.1) is 11.4 Å². The molecule has 5 heteroatoms. The fourth-order valence-electron chi connectivity index (χ4n) is 3.29. The molecule has 132 valence electrons. The van der Waals surface area contributed by atoms with E-state index in [1.165, 1.54) is 5.56 Å². The molecule has 0 atom stereocenters. The van der Waals surface area contributed by atoms with E-state index in [-0.39, 0.29) is 6.04 Å². The van der Waals surface area contributed by atoms with Gasteiger partial charge in [-0.15, -0.1) is 5.10 Å². The summed E-state index contributed by atoms with van der Waals surface area (Å²) in [5.41, 5.74) is 5.04. The maximum absolute atomic E-state index is 10.4. The smallest absolute Gasteiger partial charge is 0.199 e. The van der Waals surface area contributed by atoms with E-state index in [9.17, 15) is 5.11 Å². The van der Waals surface area contributed by atoms with Gasteiger partial charge in [-0.05, 0) is 52.0 Å². The molecular formula is C21H22N4O. The van der Waals surface area contributed by atoms with Crippen molar-refractivity contribution in [1.82, 2.24) is 19.6 Å². The van der Waals surface area contributed by atoms with Gasteiger partial charge >= 0.3 is 0 Å². The zero-order valence-corrected chi connectivity index (χ0v) is 15.4. The Morgan fingerprint density at radius 2 is 1.73 bits per heavy atom. The van der Waals surface area contributed by atoms with Crippen LogP contribution in [-0.2, 0) is 0 Å². The Bertz CT molecular complexity index is 1090. The summed E-state index contributed by atoms with van der Waals surface area (Å²) in [5.74, 6) is 0.307. The van der Waals surface area contributed by atoms with Gasteiger partial charge in [-0.2, -0.15) is 0 Å². The SMILES string of the molecule is Cc1ccc(-n2nnc(-c3ccc4c(O)n(C(C)C)cc4c3)c2C)cc1. The highest BCUT2D eigenvalue weighted by Crippen LogP contribution is 2.33. The molecule has 0 saturated carbocycles. The van der Waals surface area contributed by atoms with Gasteiger partial charge in [0.1, 0.15) is 5.69 Å². The Hall–Kier alpha value is -3.08. The minimum absolute atomic E-state index is 0.204. The summed E-state index contributed by atoms with van der Waals surface area (Å²) in [6, 6.07) is 14.4. The Balaban J connectivity index is 1.79. The molecule has 2 heterocycles. The Morgan fingerprint density at radius 3 is 2.42 bits per heavy atom. The van der Waals surface area contributed by atoms with Crippen molar-refractivity contribution in [3.8, 4) is 22.8 Å². The topological polar surface area (TPSA) is 55.9 Å². The van der Waals surface area contributed by atoms with Crippen LogP contribution in [-0.4, -0.2) is 24.7 Å². The van der Waals surface area contributed by atoms with Crippen molar-refractivity contribution in [2.24, 2.45) is 0 Å². The quantitative estimate of drug-likeness (QED) is 0.580. The van der Waals surface area contributed by atoms with Crippen molar-refractivity contribution in [3.05, 3.63) is 59.9 Å². The minimum atomic E-state index is 0.204. The second kappa shape index (κ2) is 6.02. The van der Waals surface area contributed by atoms with Gasteiger partial charge < -0.3 is 9.67 Å². The largest absolute Gasteiger partial charge is 0.494 e. The molecule has 0 aliphatic carbocycles. The fraction of sp³-hybridized carbons (Fsp3) is 0.238. The Labute approximate surface area is 152 Å². The summed E-state index contributed by atoms with van der Waals surface area (Å²) in [6.07, 6.45) is 1.98. The molecule has 0 fully saturated rings. The first kappa shape index (κ1) is 16.4. The highest BCUT2D eigenvalue weighted by Gasteiger charge is 2.15. The molecule has 0 saturated heterocycles. The predicted octanol–water partition coefficient (Wildman–Crippen LogP) is 4.79. The number of hydrogen-bond donors (Lipinski definition) is 1. The van der Waals surface area contributed by atoms with Crippen LogP contribution >= 0.6 is 0 Å². The van der Waals surface area contributed by atoms with Crippen LogP contribution in [0.5, 0.6) is 5.88 Å². The third kappa shape index (κ3) is 2.56. The number of fused-ring (bicyclic) bond motifs is 1. The van der Waals surface area contributed by atoms with Crippen LogP contribution < -0.4 is 0 Å². The van der Waals surface area contributed by atoms with E-state index in [0.29, 0.717) is 5.88 Å². The molecule has 0 radical (unpaired) electrons. The first-order valence-electron chi connectivity index (χ1n) is 8.79. The van der Waals surface area contributed by atoms with Gasteiger partial charge in [0.25, 0.3) is 0 Å². The van der Waals surface area contributed by atoms with Crippen LogP contribution in [0.2, 0.25) is 0 Å². The Morgan fingerprint density at radius 1 is 1.00 bits per heavy atom. The van der Waals surface area contributed by atoms with Crippen molar-refractivity contribution in [3.63, 3.8) is 0 Å². The molecule has 0 amide bonds. The molecule has 0 aliphatic heterocycles. The van der Waals surface area contributed by atoms with Gasteiger partial charge in [-0.25, -0.2) is 4.68 Å². The van der Waals surface area contributed by atoms with Crippen molar-refractivity contribution in [2.75, 3.05) is 0 Å². The average Bonchev–Trinajstić information content (AvgIpc) is 3.16. The Kier molecular flexibility index (Phi) is 3.80. The van der Waals surface area contributed by atoms with Crippen molar-refractivity contribution in [1.29, 1.82) is 0 Å². The molecule has 0 bridgehead atoms. The maximum Gasteiger partial charge on any atom is 0.199 e. The van der Waals surface area contributed by atoms with Gasteiger partial charge in [-0.3, -0.25) is 0 Å². The van der Waals surface area contributed by atoms with Crippen LogP contribution in [0.3, 0.4) is 0 Å². The van der Waals surface area contributed by atoms with E-state index < -0.39 is 0 Å². The van der Waals surface area contributed by atoms with Crippen LogP contribution in [0.4, 0.5) is 0 Å². The maximum atomic E-state index is 10.4. The lowest BCUT2D eigenvalue weighted by Gasteiger charge is -2.07. The molecule has 4 rings (SSSR count). The second-order valence-corrected chi connectivity index (χ2v) is 7.03. The molecule has 26 heavy (non-hydrogen) atoms. The number of aryl methyl sites for hydroxylation is 1. The van der Waals surface area contributed by atoms with Crippen molar-refractivity contribution < 1.29 is 5.11 Å². The molecule has 2 aromatic heterocycles. The monoisotopic (exact) mass is 346 g/mol. The molecule has 2 aromatic carbocycles. The van der Waals surface area contributed by atoms with E-state index in [4.69, 9.17) is 0 Å². The molecule has 0 aliphatic rings. The van der Waals surface area contributed by atoms with Gasteiger partial charge in [-0.1, -0.05) is 29.0 Å². The number of hydrogen-bond acceptors (Lipinski definition) is 3. The van der Waals surface area contributed by atoms with Crippen LogP contribution in [0.25, 0.3) is 27.7 Å². The fourth-order valence-corrected chi connectivity index (χ4v) is 3.29. The lowest BCUT2D eigenvalue weighted by molar-refractivity contribution is 0.405. The van der Waals surface area contributed by atoms with E-state index >= 15 is 0 Å². The van der Waals surface area contributed by atoms with Crippen molar-refractivity contribution >= 4 is 10.8 Å². The first-order chi connectivity index (χ1) is 12.5. The number of aromatic hydroxyl groups is 1. The third-order valence-electron chi connectivity index (χ3n) is 4.82. The van der Waals surface area contributed by atoms with Gasteiger partial charge in [0.2, 0.25) is 0 Å². The highest BCUT2D eigenvalue weighted by molar-refractivity contribution is 5.91. The van der Waals surface area contributed by atoms with Gasteiger partial charge in [0, 0.05) is 28.6 Å².